The number of thiophene rings is 1. The molecule has 0 amide bonds. The highest BCUT2D eigenvalue weighted by Gasteiger charge is 2.13. The maximum atomic E-state index is 11.0. The Kier molecular flexibility index (Phi) is 4.08. The Balaban J connectivity index is 1.60. The summed E-state index contributed by atoms with van der Waals surface area (Å²) in [5, 5.41) is 14.1. The van der Waals surface area contributed by atoms with Gasteiger partial charge < -0.3 is 19.9 Å². The van der Waals surface area contributed by atoms with Gasteiger partial charge in [0.1, 0.15) is 18.1 Å². The third-order valence-corrected chi connectivity index (χ3v) is 4.14. The molecule has 21 heavy (non-hydrogen) atoms. The van der Waals surface area contributed by atoms with E-state index < -0.39 is 5.97 Å². The van der Waals surface area contributed by atoms with E-state index in [0.717, 1.165) is 22.6 Å². The van der Waals surface area contributed by atoms with Gasteiger partial charge in [0.2, 0.25) is 0 Å². The van der Waals surface area contributed by atoms with Crippen molar-refractivity contribution in [1.29, 1.82) is 0 Å². The summed E-state index contributed by atoms with van der Waals surface area (Å²) in [6, 6.07) is 7.67. The molecule has 6 heteroatoms. The van der Waals surface area contributed by atoms with E-state index in [4.69, 9.17) is 14.6 Å². The Labute approximate surface area is 126 Å². The molecule has 3 rings (SSSR count). The fraction of sp³-hybridized carbons (Fsp3) is 0.267. The Hall–Kier alpha value is -2.05. The van der Waals surface area contributed by atoms with Crippen molar-refractivity contribution >= 4 is 17.3 Å². The van der Waals surface area contributed by atoms with Crippen LogP contribution in [0.2, 0.25) is 0 Å². The second-order valence-corrected chi connectivity index (χ2v) is 5.58. The highest BCUT2D eigenvalue weighted by Crippen LogP contribution is 2.30. The largest absolute Gasteiger partial charge is 0.486 e. The number of aromatic carboxylic acids is 1. The number of fused-ring (bicyclic) bond motifs is 1. The normalized spacial score (nSPS) is 13.1. The van der Waals surface area contributed by atoms with E-state index in [1.54, 1.807) is 5.38 Å². The molecule has 0 bridgehead atoms. The van der Waals surface area contributed by atoms with Crippen molar-refractivity contribution in [3.05, 3.63) is 45.6 Å². The molecule has 1 aromatic carbocycles. The fourth-order valence-corrected chi connectivity index (χ4v) is 2.96. The molecule has 2 aromatic rings. The minimum atomic E-state index is -0.874. The average Bonchev–Trinajstić information content (AvgIpc) is 2.96. The molecule has 0 saturated carbocycles. The van der Waals surface area contributed by atoms with E-state index in [2.05, 4.69) is 5.32 Å². The van der Waals surface area contributed by atoms with Crippen LogP contribution in [0.15, 0.2) is 29.6 Å². The molecule has 0 aliphatic carbocycles. The number of carbonyl (C=O) groups is 1. The lowest BCUT2D eigenvalue weighted by molar-refractivity contribution is 0.0701. The standard InChI is InChI=1S/C15H15NO4S/c17-15(18)14-11(3-6-21-14)9-16-8-10-1-2-12-13(7-10)20-5-4-19-12/h1-3,6-7,16H,4-5,8-9H2,(H,17,18). The van der Waals surface area contributed by atoms with Crippen molar-refractivity contribution in [2.75, 3.05) is 13.2 Å². The summed E-state index contributed by atoms with van der Waals surface area (Å²) in [4.78, 5) is 11.4. The number of hydrogen-bond donors (Lipinski definition) is 2. The van der Waals surface area contributed by atoms with Crippen molar-refractivity contribution < 1.29 is 19.4 Å². The third kappa shape index (κ3) is 3.17. The van der Waals surface area contributed by atoms with E-state index in [9.17, 15) is 4.79 Å². The zero-order valence-electron chi connectivity index (χ0n) is 11.3. The Morgan fingerprint density at radius 2 is 2.00 bits per heavy atom. The highest BCUT2D eigenvalue weighted by molar-refractivity contribution is 7.12. The molecule has 1 aromatic heterocycles. The van der Waals surface area contributed by atoms with Crippen molar-refractivity contribution in [2.45, 2.75) is 13.1 Å². The quantitative estimate of drug-likeness (QED) is 0.888. The first kappa shape index (κ1) is 13.9. The van der Waals surface area contributed by atoms with Crippen LogP contribution < -0.4 is 14.8 Å². The molecule has 0 fully saturated rings. The SMILES string of the molecule is O=C(O)c1sccc1CNCc1ccc2c(c1)OCCO2. The number of carboxylic acid groups (broad SMARTS) is 1. The van der Waals surface area contributed by atoms with Gasteiger partial charge in [-0.3, -0.25) is 0 Å². The zero-order chi connectivity index (χ0) is 14.7. The maximum Gasteiger partial charge on any atom is 0.346 e. The van der Waals surface area contributed by atoms with E-state index in [1.165, 1.54) is 11.3 Å². The zero-order valence-corrected chi connectivity index (χ0v) is 12.1. The van der Waals surface area contributed by atoms with E-state index in [1.807, 2.05) is 24.3 Å². The minimum absolute atomic E-state index is 0.393. The topological polar surface area (TPSA) is 67.8 Å². The van der Waals surface area contributed by atoms with Crippen LogP contribution in [0.4, 0.5) is 0 Å². The number of carboxylic acids is 1. The predicted molar refractivity (Wildman–Crippen MR) is 79.3 cm³/mol. The number of rotatable bonds is 5. The first-order valence-corrected chi connectivity index (χ1v) is 7.51. The van der Waals surface area contributed by atoms with Crippen molar-refractivity contribution in [1.82, 2.24) is 5.32 Å². The van der Waals surface area contributed by atoms with Gasteiger partial charge in [-0.05, 0) is 34.7 Å². The van der Waals surface area contributed by atoms with Crippen LogP contribution in [0.1, 0.15) is 20.8 Å². The van der Waals surface area contributed by atoms with Gasteiger partial charge in [0.05, 0.1) is 0 Å². The number of benzene rings is 1. The van der Waals surface area contributed by atoms with E-state index in [0.29, 0.717) is 31.2 Å². The lowest BCUT2D eigenvalue weighted by Gasteiger charge is -2.19. The molecular weight excluding hydrogens is 290 g/mol. The van der Waals surface area contributed by atoms with Crippen LogP contribution in [0.25, 0.3) is 0 Å². The van der Waals surface area contributed by atoms with E-state index >= 15 is 0 Å². The van der Waals surface area contributed by atoms with Crippen LogP contribution in [-0.2, 0) is 13.1 Å². The van der Waals surface area contributed by atoms with Gasteiger partial charge in [0, 0.05) is 13.1 Å². The molecule has 1 aliphatic rings. The molecular formula is C15H15NO4S. The molecule has 0 radical (unpaired) electrons. The van der Waals surface area contributed by atoms with Gasteiger partial charge >= 0.3 is 5.97 Å². The van der Waals surface area contributed by atoms with Gasteiger partial charge in [-0.15, -0.1) is 11.3 Å². The van der Waals surface area contributed by atoms with Gasteiger partial charge in [-0.2, -0.15) is 0 Å². The Morgan fingerprint density at radius 3 is 2.81 bits per heavy atom. The van der Waals surface area contributed by atoms with Crippen LogP contribution in [-0.4, -0.2) is 24.3 Å². The summed E-state index contributed by atoms with van der Waals surface area (Å²) in [5.41, 5.74) is 1.89. The van der Waals surface area contributed by atoms with Gasteiger partial charge in [-0.1, -0.05) is 6.07 Å². The van der Waals surface area contributed by atoms with Crippen molar-refractivity contribution in [3.8, 4) is 11.5 Å². The lowest BCUT2D eigenvalue weighted by atomic mass is 10.2. The van der Waals surface area contributed by atoms with Crippen molar-refractivity contribution in [3.63, 3.8) is 0 Å². The van der Waals surface area contributed by atoms with Crippen LogP contribution in [0.3, 0.4) is 0 Å². The molecule has 0 unspecified atom stereocenters. The summed E-state index contributed by atoms with van der Waals surface area (Å²) in [5.74, 6) is 0.666. The predicted octanol–water partition coefficient (Wildman–Crippen LogP) is 2.51. The summed E-state index contributed by atoms with van der Waals surface area (Å²) >= 11 is 1.25. The molecule has 2 heterocycles. The molecule has 2 N–H and O–H groups in total. The highest BCUT2D eigenvalue weighted by atomic mass is 32.1. The summed E-state index contributed by atoms with van der Waals surface area (Å²) in [6.45, 7) is 2.33. The van der Waals surface area contributed by atoms with Crippen LogP contribution >= 0.6 is 11.3 Å². The second kappa shape index (κ2) is 6.15. The Morgan fingerprint density at radius 1 is 1.19 bits per heavy atom. The minimum Gasteiger partial charge on any atom is -0.486 e. The van der Waals surface area contributed by atoms with E-state index in [-0.39, 0.29) is 0 Å². The van der Waals surface area contributed by atoms with Gasteiger partial charge in [-0.25, -0.2) is 4.79 Å². The summed E-state index contributed by atoms with van der Waals surface area (Å²) < 4.78 is 11.0. The number of hydrogen-bond acceptors (Lipinski definition) is 5. The molecule has 5 nitrogen and oxygen atoms in total. The fourth-order valence-electron chi connectivity index (χ4n) is 2.20. The number of ether oxygens (including phenoxy) is 2. The third-order valence-electron chi connectivity index (χ3n) is 3.19. The van der Waals surface area contributed by atoms with Gasteiger partial charge in [0.15, 0.2) is 11.5 Å². The Bertz CT molecular complexity index is 653. The smallest absolute Gasteiger partial charge is 0.346 e. The first-order valence-electron chi connectivity index (χ1n) is 6.63. The summed E-state index contributed by atoms with van der Waals surface area (Å²) in [7, 11) is 0. The second-order valence-electron chi connectivity index (χ2n) is 4.66. The average molecular weight is 305 g/mol. The molecule has 0 saturated heterocycles. The van der Waals surface area contributed by atoms with Crippen molar-refractivity contribution in [2.24, 2.45) is 0 Å². The molecule has 110 valence electrons. The van der Waals surface area contributed by atoms with Crippen LogP contribution in [0.5, 0.6) is 11.5 Å². The molecule has 0 atom stereocenters. The number of nitrogens with one attached hydrogen (secondary N) is 1. The van der Waals surface area contributed by atoms with Gasteiger partial charge in [0.25, 0.3) is 0 Å². The maximum absolute atomic E-state index is 11.0. The lowest BCUT2D eigenvalue weighted by Crippen LogP contribution is -2.17. The monoisotopic (exact) mass is 305 g/mol. The first-order chi connectivity index (χ1) is 10.2. The molecule has 0 spiro atoms. The van der Waals surface area contributed by atoms with Crippen LogP contribution in [0, 0.1) is 0 Å². The molecule has 1 aliphatic heterocycles. The summed E-state index contributed by atoms with van der Waals surface area (Å²) in [6.07, 6.45) is 0.